The predicted molar refractivity (Wildman–Crippen MR) is 39.0 cm³/mol. The molecule has 0 fully saturated rings. The molecule has 0 unspecified atom stereocenters. The van der Waals surface area contributed by atoms with Gasteiger partial charge in [0.1, 0.15) is 0 Å². The normalized spacial score (nSPS) is 8.58. The molecule has 1 aromatic heterocycles. The van der Waals surface area contributed by atoms with E-state index in [1.807, 2.05) is 0 Å². The van der Waals surface area contributed by atoms with Gasteiger partial charge in [-0.15, -0.1) is 5.26 Å². The standard InChI is InChI=1S/C4H5N7O/c5-1-12-11-4-9-2(6)8-3(7)10-4/h(H5,6,7,8,9,10,11). The predicted octanol–water partition coefficient (Wildman–Crippen LogP) is -1.14. The lowest BCUT2D eigenvalue weighted by molar-refractivity contribution is 0.348. The molecule has 0 bridgehead atoms. The van der Waals surface area contributed by atoms with E-state index in [1.165, 1.54) is 6.26 Å². The minimum Gasteiger partial charge on any atom is -0.368 e. The summed E-state index contributed by atoms with van der Waals surface area (Å²) in [5.74, 6) is -0.111. The Morgan fingerprint density at radius 3 is 2.33 bits per heavy atom. The van der Waals surface area contributed by atoms with E-state index in [9.17, 15) is 0 Å². The second-order valence-corrected chi connectivity index (χ2v) is 1.67. The van der Waals surface area contributed by atoms with Gasteiger partial charge in [-0.2, -0.15) is 20.4 Å². The minimum atomic E-state index is -0.0495. The van der Waals surface area contributed by atoms with Gasteiger partial charge in [0.2, 0.25) is 11.9 Å². The number of hydrogen-bond donors (Lipinski definition) is 3. The van der Waals surface area contributed by atoms with Crippen molar-refractivity contribution in [2.45, 2.75) is 0 Å². The third-order valence-electron chi connectivity index (χ3n) is 0.858. The monoisotopic (exact) mass is 167 g/mol. The molecule has 0 aliphatic carbocycles. The molecule has 8 nitrogen and oxygen atoms in total. The van der Waals surface area contributed by atoms with Crippen molar-refractivity contribution in [3.8, 4) is 6.26 Å². The van der Waals surface area contributed by atoms with Gasteiger partial charge < -0.3 is 11.5 Å². The van der Waals surface area contributed by atoms with Gasteiger partial charge in [0.15, 0.2) is 0 Å². The zero-order chi connectivity index (χ0) is 8.97. The van der Waals surface area contributed by atoms with Gasteiger partial charge in [0.05, 0.1) is 0 Å². The quantitative estimate of drug-likeness (QED) is 0.371. The molecule has 0 radical (unpaired) electrons. The molecule has 0 spiro atoms. The Bertz CT molecular complexity index is 297. The highest BCUT2D eigenvalue weighted by atomic mass is 16.6. The Morgan fingerprint density at radius 2 is 1.83 bits per heavy atom. The maximum atomic E-state index is 8.00. The Labute approximate surface area is 67.1 Å². The summed E-state index contributed by atoms with van der Waals surface area (Å²) in [6.45, 7) is 0. The number of nitriles is 1. The average Bonchev–Trinajstić information content (AvgIpc) is 1.99. The summed E-state index contributed by atoms with van der Waals surface area (Å²) in [5.41, 5.74) is 12.5. The number of hydrogen-bond acceptors (Lipinski definition) is 8. The fourth-order valence-electron chi connectivity index (χ4n) is 0.523. The first kappa shape index (κ1) is 7.80. The van der Waals surface area contributed by atoms with Gasteiger partial charge in [-0.05, 0) is 0 Å². The van der Waals surface area contributed by atoms with Crippen LogP contribution in [0.3, 0.4) is 0 Å². The molecule has 62 valence electrons. The summed E-state index contributed by atoms with van der Waals surface area (Å²) in [4.78, 5) is 14.7. The Kier molecular flexibility index (Phi) is 2.08. The van der Waals surface area contributed by atoms with Crippen molar-refractivity contribution in [1.29, 1.82) is 5.26 Å². The van der Waals surface area contributed by atoms with E-state index in [0.717, 1.165) is 0 Å². The van der Waals surface area contributed by atoms with E-state index in [2.05, 4.69) is 25.3 Å². The lowest BCUT2D eigenvalue weighted by atomic mass is 10.8. The molecule has 0 saturated heterocycles. The first-order valence-electron chi connectivity index (χ1n) is 2.80. The number of anilines is 3. The van der Waals surface area contributed by atoms with Crippen LogP contribution in [-0.4, -0.2) is 15.0 Å². The maximum absolute atomic E-state index is 8.00. The molecule has 12 heavy (non-hydrogen) atoms. The van der Waals surface area contributed by atoms with Crippen molar-refractivity contribution in [3.05, 3.63) is 0 Å². The molecule has 1 aromatic rings. The number of rotatable bonds is 2. The van der Waals surface area contributed by atoms with Crippen molar-refractivity contribution in [2.24, 2.45) is 0 Å². The van der Waals surface area contributed by atoms with Crippen LogP contribution in [0.1, 0.15) is 0 Å². The lowest BCUT2D eigenvalue weighted by Crippen LogP contribution is -2.08. The summed E-state index contributed by atoms with van der Waals surface area (Å²) in [6, 6.07) is 0. The van der Waals surface area contributed by atoms with Crippen LogP contribution < -0.4 is 16.9 Å². The summed E-state index contributed by atoms with van der Waals surface area (Å²) in [7, 11) is 0. The largest absolute Gasteiger partial charge is 0.368 e. The van der Waals surface area contributed by atoms with Crippen LogP contribution in [0.2, 0.25) is 0 Å². The van der Waals surface area contributed by atoms with Crippen LogP contribution in [-0.2, 0) is 4.84 Å². The summed E-state index contributed by atoms with van der Waals surface area (Å²) >= 11 is 0. The van der Waals surface area contributed by atoms with Crippen LogP contribution in [0.4, 0.5) is 17.8 Å². The van der Waals surface area contributed by atoms with Crippen LogP contribution in [0.15, 0.2) is 0 Å². The van der Waals surface area contributed by atoms with E-state index in [-0.39, 0.29) is 17.8 Å². The number of nitrogens with two attached hydrogens (primary N) is 2. The fourth-order valence-corrected chi connectivity index (χ4v) is 0.523. The van der Waals surface area contributed by atoms with Crippen molar-refractivity contribution < 1.29 is 4.84 Å². The number of nitrogens with zero attached hydrogens (tertiary/aromatic N) is 4. The van der Waals surface area contributed by atoms with Gasteiger partial charge in [-0.25, -0.2) is 0 Å². The molecular formula is C4H5N7O. The second kappa shape index (κ2) is 3.20. The van der Waals surface area contributed by atoms with Crippen LogP contribution >= 0.6 is 0 Å². The van der Waals surface area contributed by atoms with Gasteiger partial charge in [0.25, 0.3) is 5.95 Å². The van der Waals surface area contributed by atoms with Gasteiger partial charge in [-0.1, -0.05) is 0 Å². The zero-order valence-electron chi connectivity index (χ0n) is 5.85. The molecule has 8 heteroatoms. The fraction of sp³-hybridized carbons (Fsp3) is 0. The average molecular weight is 167 g/mol. The third-order valence-corrected chi connectivity index (χ3v) is 0.858. The zero-order valence-corrected chi connectivity index (χ0v) is 5.85. The van der Waals surface area contributed by atoms with Crippen molar-refractivity contribution in [2.75, 3.05) is 16.9 Å². The molecule has 0 aromatic carbocycles. The first-order valence-corrected chi connectivity index (χ1v) is 2.80. The van der Waals surface area contributed by atoms with Crippen LogP contribution in [0.25, 0.3) is 0 Å². The van der Waals surface area contributed by atoms with Crippen molar-refractivity contribution in [1.82, 2.24) is 15.0 Å². The van der Waals surface area contributed by atoms with Crippen LogP contribution in [0, 0.1) is 11.5 Å². The highest BCUT2D eigenvalue weighted by Crippen LogP contribution is 2.02. The highest BCUT2D eigenvalue weighted by Gasteiger charge is 1.99. The Morgan fingerprint density at radius 1 is 1.25 bits per heavy atom. The van der Waals surface area contributed by atoms with Crippen molar-refractivity contribution in [3.63, 3.8) is 0 Å². The number of nitrogen functional groups attached to an aromatic ring is 2. The smallest absolute Gasteiger partial charge is 0.314 e. The van der Waals surface area contributed by atoms with E-state index in [0.29, 0.717) is 0 Å². The molecule has 0 atom stereocenters. The number of aromatic nitrogens is 3. The summed E-state index contributed by atoms with van der Waals surface area (Å²) < 4.78 is 0. The van der Waals surface area contributed by atoms with Gasteiger partial charge >= 0.3 is 6.26 Å². The molecule has 0 aliphatic heterocycles. The van der Waals surface area contributed by atoms with Gasteiger partial charge in [-0.3, -0.25) is 4.84 Å². The topological polar surface area (TPSA) is 136 Å². The van der Waals surface area contributed by atoms with E-state index >= 15 is 0 Å². The SMILES string of the molecule is N#CONc1nc(N)nc(N)n1. The summed E-state index contributed by atoms with van der Waals surface area (Å²) in [5, 5.41) is 8.00. The minimum absolute atomic E-state index is 0.0125. The van der Waals surface area contributed by atoms with Crippen LogP contribution in [0.5, 0.6) is 0 Å². The summed E-state index contributed by atoms with van der Waals surface area (Å²) in [6.07, 6.45) is 1.36. The van der Waals surface area contributed by atoms with E-state index < -0.39 is 0 Å². The molecule has 0 saturated carbocycles. The second-order valence-electron chi connectivity index (χ2n) is 1.67. The van der Waals surface area contributed by atoms with Gasteiger partial charge in [0, 0.05) is 0 Å². The molecule has 1 rings (SSSR count). The molecule has 1 heterocycles. The Hall–Kier alpha value is -2.30. The molecule has 0 amide bonds. The lowest BCUT2D eigenvalue weighted by Gasteiger charge is -1.99. The maximum Gasteiger partial charge on any atom is 0.314 e. The highest BCUT2D eigenvalue weighted by molar-refractivity contribution is 5.35. The molecule has 0 aliphatic rings. The Balaban J connectivity index is 2.80. The number of nitrogens with one attached hydrogen (secondary N) is 1. The van der Waals surface area contributed by atoms with Crippen molar-refractivity contribution >= 4 is 17.8 Å². The molecular weight excluding hydrogens is 162 g/mol. The van der Waals surface area contributed by atoms with E-state index in [1.54, 1.807) is 0 Å². The third kappa shape index (κ3) is 1.84. The first-order chi connectivity index (χ1) is 5.72. The van der Waals surface area contributed by atoms with E-state index in [4.69, 9.17) is 16.7 Å². The molecule has 5 N–H and O–H groups in total.